The molecule has 2 N–H and O–H groups in total. The van der Waals surface area contributed by atoms with Crippen LogP contribution in [0, 0.1) is 0 Å². The Balaban J connectivity index is 2.01. The largest absolute Gasteiger partial charge is 0.484 e. The Hall–Kier alpha value is -2.19. The maximum Gasteiger partial charge on any atom is 0.261 e. The quantitative estimate of drug-likeness (QED) is 0.626. The summed E-state index contributed by atoms with van der Waals surface area (Å²) in [5.41, 5.74) is 5.50. The van der Waals surface area contributed by atoms with Gasteiger partial charge < -0.3 is 10.5 Å². The van der Waals surface area contributed by atoms with Crippen LogP contribution in [-0.2, 0) is 17.9 Å². The number of nitrogens with zero attached hydrogens (tertiary/aromatic N) is 2. The summed E-state index contributed by atoms with van der Waals surface area (Å²) < 4.78 is 8.67. The van der Waals surface area contributed by atoms with Crippen molar-refractivity contribution < 1.29 is 9.53 Å². The highest BCUT2D eigenvalue weighted by Gasteiger charge is 2.14. The number of para-hydroxylation sites is 1. The predicted octanol–water partition coefficient (Wildman–Crippen LogP) is 2.99. The van der Waals surface area contributed by atoms with E-state index in [1.807, 2.05) is 12.1 Å². The Morgan fingerprint density at radius 2 is 1.96 bits per heavy atom. The highest BCUT2D eigenvalue weighted by atomic mass is 79.9. The minimum absolute atomic E-state index is 0.0214. The van der Waals surface area contributed by atoms with Crippen LogP contribution in [0.4, 0.5) is 0 Å². The van der Waals surface area contributed by atoms with Gasteiger partial charge in [-0.05, 0) is 46.3 Å². The van der Waals surface area contributed by atoms with Gasteiger partial charge >= 0.3 is 0 Å². The molecule has 0 saturated heterocycles. The number of hydrogen-bond acceptors (Lipinski definition) is 4. The van der Waals surface area contributed by atoms with Crippen LogP contribution in [0.5, 0.6) is 5.75 Å². The lowest BCUT2D eigenvalue weighted by molar-refractivity contribution is -0.118. The zero-order valence-corrected chi connectivity index (χ0v) is 16.1. The third-order valence-corrected chi connectivity index (χ3v) is 4.62. The second-order valence-electron chi connectivity index (χ2n) is 5.27. The lowest BCUT2D eigenvalue weighted by atomic mass is 10.2. The molecule has 0 aliphatic heterocycles. The van der Waals surface area contributed by atoms with E-state index < -0.39 is 5.91 Å². The van der Waals surface area contributed by atoms with Gasteiger partial charge in [-0.3, -0.25) is 14.2 Å². The number of primary amides is 1. The highest BCUT2D eigenvalue weighted by Crippen LogP contribution is 2.28. The van der Waals surface area contributed by atoms with E-state index in [1.54, 1.807) is 30.3 Å². The third-order valence-electron chi connectivity index (χ3n) is 3.51. The first-order valence-electron chi connectivity index (χ1n) is 7.30. The summed E-state index contributed by atoms with van der Waals surface area (Å²) in [7, 11) is 0. The fourth-order valence-electron chi connectivity index (χ4n) is 2.38. The van der Waals surface area contributed by atoms with Crippen molar-refractivity contribution in [3.8, 4) is 5.75 Å². The molecule has 1 heterocycles. The fourth-order valence-corrected chi connectivity index (χ4v) is 3.54. The van der Waals surface area contributed by atoms with E-state index in [9.17, 15) is 9.59 Å². The number of carbonyl (C=O) groups excluding carboxylic acids is 1. The van der Waals surface area contributed by atoms with Crippen LogP contribution in [0.25, 0.3) is 10.9 Å². The number of hydrogen-bond donors (Lipinski definition) is 1. The van der Waals surface area contributed by atoms with Crippen LogP contribution in [-0.4, -0.2) is 15.5 Å². The monoisotopic (exact) mass is 465 g/mol. The average molecular weight is 467 g/mol. The van der Waals surface area contributed by atoms with E-state index in [1.165, 1.54) is 4.57 Å². The first-order valence-corrected chi connectivity index (χ1v) is 8.89. The lowest BCUT2D eigenvalue weighted by Crippen LogP contribution is -2.32. The van der Waals surface area contributed by atoms with Crippen molar-refractivity contribution in [3.63, 3.8) is 0 Å². The zero-order chi connectivity index (χ0) is 18.0. The summed E-state index contributed by atoms with van der Waals surface area (Å²) in [6, 6.07) is 12.4. The van der Waals surface area contributed by atoms with E-state index in [0.29, 0.717) is 22.5 Å². The topological polar surface area (TPSA) is 87.2 Å². The fraction of sp³-hybridized carbons (Fsp3) is 0.118. The van der Waals surface area contributed by atoms with Crippen LogP contribution < -0.4 is 16.0 Å². The van der Waals surface area contributed by atoms with Crippen molar-refractivity contribution in [2.45, 2.75) is 13.2 Å². The molecule has 3 aromatic rings. The molecule has 0 atom stereocenters. The number of benzene rings is 2. The Morgan fingerprint density at radius 1 is 1.20 bits per heavy atom. The Labute approximate surface area is 159 Å². The van der Waals surface area contributed by atoms with Crippen LogP contribution in [0.1, 0.15) is 5.82 Å². The first-order chi connectivity index (χ1) is 12.0. The van der Waals surface area contributed by atoms with Gasteiger partial charge in [-0.15, -0.1) is 0 Å². The molecule has 0 bridgehead atoms. The molecule has 0 spiro atoms. The summed E-state index contributed by atoms with van der Waals surface area (Å²) in [5, 5.41) is 0.428. The van der Waals surface area contributed by atoms with Crippen LogP contribution in [0.2, 0.25) is 0 Å². The van der Waals surface area contributed by atoms with Gasteiger partial charge in [-0.25, -0.2) is 4.98 Å². The normalized spacial score (nSPS) is 10.8. The van der Waals surface area contributed by atoms with E-state index in [0.717, 1.165) is 8.95 Å². The van der Waals surface area contributed by atoms with Crippen molar-refractivity contribution in [2.75, 3.05) is 0 Å². The van der Waals surface area contributed by atoms with E-state index in [4.69, 9.17) is 10.5 Å². The number of halogens is 2. The maximum absolute atomic E-state index is 12.7. The molecule has 0 aliphatic carbocycles. The zero-order valence-electron chi connectivity index (χ0n) is 12.9. The van der Waals surface area contributed by atoms with Gasteiger partial charge in [0.15, 0.2) is 5.82 Å². The van der Waals surface area contributed by atoms with E-state index in [2.05, 4.69) is 36.8 Å². The van der Waals surface area contributed by atoms with E-state index >= 15 is 0 Å². The number of ether oxygens (including phenoxy) is 1. The molecule has 0 radical (unpaired) electrons. The summed E-state index contributed by atoms with van der Waals surface area (Å²) in [6.07, 6.45) is 0. The maximum atomic E-state index is 12.7. The number of fused-ring (bicyclic) bond motifs is 1. The predicted molar refractivity (Wildman–Crippen MR) is 101 cm³/mol. The molecule has 2 aromatic carbocycles. The van der Waals surface area contributed by atoms with Gasteiger partial charge in [-0.2, -0.15) is 0 Å². The number of carbonyl (C=O) groups is 1. The smallest absolute Gasteiger partial charge is 0.261 e. The molecule has 0 saturated carbocycles. The van der Waals surface area contributed by atoms with Gasteiger partial charge in [0, 0.05) is 4.47 Å². The molecule has 8 heteroatoms. The molecule has 6 nitrogen and oxygen atoms in total. The van der Waals surface area contributed by atoms with Gasteiger partial charge in [-0.1, -0.05) is 28.1 Å². The lowest BCUT2D eigenvalue weighted by Gasteiger charge is -2.14. The number of amides is 1. The van der Waals surface area contributed by atoms with Crippen molar-refractivity contribution in [2.24, 2.45) is 5.73 Å². The summed E-state index contributed by atoms with van der Waals surface area (Å²) >= 11 is 6.79. The van der Waals surface area contributed by atoms with Crippen LogP contribution in [0.3, 0.4) is 0 Å². The summed E-state index contributed by atoms with van der Waals surface area (Å²) in [6.45, 7) is -0.232. The Bertz CT molecular complexity index is 1020. The standard InChI is InChI=1S/C17H13Br2N3O3/c18-10-5-6-14(12(19)7-10)25-9-16-21-13-4-2-1-3-11(13)17(24)22(16)8-15(20)23/h1-7H,8-9H2,(H2,20,23). The molecule has 0 fully saturated rings. The molecular weight excluding hydrogens is 454 g/mol. The third kappa shape index (κ3) is 3.91. The minimum atomic E-state index is -0.620. The van der Waals surface area contributed by atoms with Crippen molar-refractivity contribution in [1.82, 2.24) is 9.55 Å². The highest BCUT2D eigenvalue weighted by molar-refractivity contribution is 9.11. The molecule has 1 amide bonds. The molecule has 3 rings (SSSR count). The second kappa shape index (κ2) is 7.37. The van der Waals surface area contributed by atoms with E-state index in [-0.39, 0.29) is 18.7 Å². The Morgan fingerprint density at radius 3 is 2.68 bits per heavy atom. The summed E-state index contributed by atoms with van der Waals surface area (Å²) in [4.78, 5) is 28.5. The van der Waals surface area contributed by atoms with Crippen LogP contribution in [0.15, 0.2) is 56.2 Å². The van der Waals surface area contributed by atoms with Crippen molar-refractivity contribution in [3.05, 3.63) is 67.6 Å². The number of nitrogens with two attached hydrogens (primary N) is 1. The SMILES string of the molecule is NC(=O)Cn1c(COc2ccc(Br)cc2Br)nc2ccccc2c1=O. The van der Waals surface area contributed by atoms with Crippen molar-refractivity contribution in [1.29, 1.82) is 0 Å². The first kappa shape index (κ1) is 17.6. The summed E-state index contributed by atoms with van der Waals surface area (Å²) in [5.74, 6) is 0.304. The molecule has 1 aromatic heterocycles. The Kier molecular flexibility index (Phi) is 5.19. The number of rotatable bonds is 5. The molecular formula is C17H13Br2N3O3. The van der Waals surface area contributed by atoms with Crippen LogP contribution >= 0.6 is 31.9 Å². The number of aromatic nitrogens is 2. The second-order valence-corrected chi connectivity index (χ2v) is 7.04. The minimum Gasteiger partial charge on any atom is -0.484 e. The van der Waals surface area contributed by atoms with Gasteiger partial charge in [0.2, 0.25) is 5.91 Å². The van der Waals surface area contributed by atoms with Crippen molar-refractivity contribution >= 4 is 48.7 Å². The molecule has 0 aliphatic rings. The van der Waals surface area contributed by atoms with Gasteiger partial charge in [0.25, 0.3) is 5.56 Å². The molecule has 128 valence electrons. The average Bonchev–Trinajstić information content (AvgIpc) is 2.57. The van der Waals surface area contributed by atoms with Gasteiger partial charge in [0.1, 0.15) is 18.9 Å². The van der Waals surface area contributed by atoms with Gasteiger partial charge in [0.05, 0.1) is 15.4 Å². The molecule has 25 heavy (non-hydrogen) atoms. The molecule has 0 unspecified atom stereocenters.